The van der Waals surface area contributed by atoms with E-state index in [4.69, 9.17) is 11.6 Å². The maximum atomic E-state index is 12.9. The monoisotopic (exact) mass is 358 g/mol. The summed E-state index contributed by atoms with van der Waals surface area (Å²) < 4.78 is 0. The zero-order valence-corrected chi connectivity index (χ0v) is 15.2. The first-order valence-electron chi connectivity index (χ1n) is 8.94. The van der Waals surface area contributed by atoms with Gasteiger partial charge in [0, 0.05) is 54.9 Å². The van der Waals surface area contributed by atoms with Crippen molar-refractivity contribution in [1.29, 1.82) is 0 Å². The van der Waals surface area contributed by atoms with Crippen molar-refractivity contribution in [1.82, 2.24) is 14.9 Å². The summed E-state index contributed by atoms with van der Waals surface area (Å²) in [4.78, 5) is 25.1. The van der Waals surface area contributed by atoms with E-state index < -0.39 is 0 Å². The van der Waals surface area contributed by atoms with Gasteiger partial charge in [-0.15, -0.1) is 0 Å². The van der Waals surface area contributed by atoms with Gasteiger partial charge in [0.1, 0.15) is 5.82 Å². The van der Waals surface area contributed by atoms with Gasteiger partial charge in [0.25, 0.3) is 0 Å². The van der Waals surface area contributed by atoms with E-state index in [1.165, 1.54) is 5.69 Å². The summed E-state index contributed by atoms with van der Waals surface area (Å²) in [7, 11) is 0. The number of anilines is 1. The first-order chi connectivity index (χ1) is 12.1. The van der Waals surface area contributed by atoms with Crippen LogP contribution in [0, 0.1) is 12.8 Å². The van der Waals surface area contributed by atoms with Crippen LogP contribution in [0.5, 0.6) is 0 Å². The van der Waals surface area contributed by atoms with E-state index in [0.29, 0.717) is 5.91 Å². The fraction of sp³-hybridized carbons (Fsp3) is 0.474. The first kappa shape index (κ1) is 16.5. The van der Waals surface area contributed by atoms with Crippen molar-refractivity contribution in [3.63, 3.8) is 0 Å². The molecule has 0 bridgehead atoms. The average molecular weight is 359 g/mol. The Morgan fingerprint density at radius 3 is 2.64 bits per heavy atom. The number of nitrogens with zero attached hydrogens (tertiary/aromatic N) is 3. The topological polar surface area (TPSA) is 52.2 Å². The number of fused-ring (bicyclic) bond motifs is 1. The molecule has 1 atom stereocenters. The zero-order chi connectivity index (χ0) is 17.4. The van der Waals surface area contributed by atoms with Crippen LogP contribution in [0.4, 0.5) is 5.69 Å². The predicted octanol–water partition coefficient (Wildman–Crippen LogP) is 2.83. The number of amides is 1. The lowest BCUT2D eigenvalue weighted by molar-refractivity contribution is -0.136. The average Bonchev–Trinajstić information content (AvgIpc) is 3.01. The highest BCUT2D eigenvalue weighted by molar-refractivity contribution is 6.30. The molecule has 1 aromatic heterocycles. The number of H-pyrrole nitrogens is 1. The Bertz CT molecular complexity index is 762. The second-order valence-electron chi connectivity index (χ2n) is 6.98. The highest BCUT2D eigenvalue weighted by atomic mass is 35.5. The fourth-order valence-electron chi connectivity index (χ4n) is 3.93. The van der Waals surface area contributed by atoms with Crippen LogP contribution < -0.4 is 4.90 Å². The molecule has 1 unspecified atom stereocenters. The van der Waals surface area contributed by atoms with Crippen LogP contribution in [-0.2, 0) is 17.6 Å². The van der Waals surface area contributed by atoms with Gasteiger partial charge in [-0.1, -0.05) is 11.6 Å². The normalized spacial score (nSPS) is 20.5. The Morgan fingerprint density at radius 1 is 1.20 bits per heavy atom. The SMILES string of the molecule is Cc1nc2c([nH]1)CC(C(=O)N1CCN(c3ccc(Cl)cc3)CC1)CC2. The number of piperazine rings is 1. The number of halogens is 1. The molecule has 2 heterocycles. The quantitative estimate of drug-likeness (QED) is 0.898. The zero-order valence-electron chi connectivity index (χ0n) is 14.5. The molecule has 25 heavy (non-hydrogen) atoms. The lowest BCUT2D eigenvalue weighted by Crippen LogP contribution is -2.51. The Morgan fingerprint density at radius 2 is 1.92 bits per heavy atom. The summed E-state index contributed by atoms with van der Waals surface area (Å²) in [5.74, 6) is 1.35. The molecule has 0 saturated carbocycles. The number of benzene rings is 1. The molecule has 1 amide bonds. The Labute approximate surface area is 153 Å². The number of carbonyl (C=O) groups is 1. The van der Waals surface area contributed by atoms with E-state index in [1.807, 2.05) is 36.1 Å². The van der Waals surface area contributed by atoms with Gasteiger partial charge in [-0.3, -0.25) is 4.79 Å². The molecule has 1 aromatic carbocycles. The van der Waals surface area contributed by atoms with E-state index in [1.54, 1.807) is 0 Å². The number of aromatic amines is 1. The highest BCUT2D eigenvalue weighted by Crippen LogP contribution is 2.26. The molecule has 1 fully saturated rings. The van der Waals surface area contributed by atoms with Crippen LogP contribution in [0.3, 0.4) is 0 Å². The fourth-order valence-corrected chi connectivity index (χ4v) is 4.06. The molecule has 1 saturated heterocycles. The third-order valence-corrected chi connectivity index (χ3v) is 5.55. The van der Waals surface area contributed by atoms with E-state index in [0.717, 1.165) is 67.7 Å². The Kier molecular flexibility index (Phi) is 4.42. The maximum Gasteiger partial charge on any atom is 0.226 e. The molecule has 0 spiro atoms. The van der Waals surface area contributed by atoms with Crippen molar-refractivity contribution < 1.29 is 4.79 Å². The van der Waals surface area contributed by atoms with Gasteiger partial charge in [-0.25, -0.2) is 4.98 Å². The standard InChI is InChI=1S/C19H23ClN4O/c1-13-21-17-7-2-14(12-18(17)22-13)19(25)24-10-8-23(9-11-24)16-5-3-15(20)4-6-16/h3-6,14H,2,7-12H2,1H3,(H,21,22). The van der Waals surface area contributed by atoms with Gasteiger partial charge in [-0.2, -0.15) is 0 Å². The molecule has 5 nitrogen and oxygen atoms in total. The van der Waals surface area contributed by atoms with Crippen molar-refractivity contribution in [2.75, 3.05) is 31.1 Å². The predicted molar refractivity (Wildman–Crippen MR) is 99.1 cm³/mol. The molecule has 1 N–H and O–H groups in total. The van der Waals surface area contributed by atoms with E-state index in [-0.39, 0.29) is 5.92 Å². The Hall–Kier alpha value is -2.01. The lowest BCUT2D eigenvalue weighted by Gasteiger charge is -2.38. The summed E-state index contributed by atoms with van der Waals surface area (Å²) in [5, 5.41) is 0.753. The van der Waals surface area contributed by atoms with Crippen LogP contribution in [-0.4, -0.2) is 47.0 Å². The van der Waals surface area contributed by atoms with Crippen molar-refractivity contribution in [3.05, 3.63) is 46.5 Å². The van der Waals surface area contributed by atoms with Gasteiger partial charge in [0.05, 0.1) is 5.69 Å². The van der Waals surface area contributed by atoms with Gasteiger partial charge < -0.3 is 14.8 Å². The molecule has 1 aliphatic carbocycles. The third-order valence-electron chi connectivity index (χ3n) is 5.30. The maximum absolute atomic E-state index is 12.9. The molecule has 2 aromatic rings. The molecule has 6 heteroatoms. The van der Waals surface area contributed by atoms with Crippen molar-refractivity contribution >= 4 is 23.2 Å². The molecule has 1 aliphatic heterocycles. The van der Waals surface area contributed by atoms with Crippen molar-refractivity contribution in [2.45, 2.75) is 26.2 Å². The molecule has 132 valence electrons. The van der Waals surface area contributed by atoms with Gasteiger partial charge in [0.15, 0.2) is 0 Å². The number of imidazole rings is 1. The van der Waals surface area contributed by atoms with Crippen LogP contribution in [0.1, 0.15) is 23.6 Å². The number of hydrogen-bond acceptors (Lipinski definition) is 3. The second-order valence-corrected chi connectivity index (χ2v) is 7.41. The number of aromatic nitrogens is 2. The van der Waals surface area contributed by atoms with Crippen LogP contribution in [0.25, 0.3) is 0 Å². The minimum atomic E-state index is 0.0921. The second kappa shape index (κ2) is 6.71. The minimum absolute atomic E-state index is 0.0921. The number of nitrogens with one attached hydrogen (secondary N) is 1. The van der Waals surface area contributed by atoms with Crippen LogP contribution in [0.15, 0.2) is 24.3 Å². The van der Waals surface area contributed by atoms with Gasteiger partial charge in [-0.05, 0) is 44.0 Å². The Balaban J connectivity index is 1.36. The smallest absolute Gasteiger partial charge is 0.226 e. The lowest BCUT2D eigenvalue weighted by atomic mass is 9.88. The summed E-state index contributed by atoms with van der Waals surface area (Å²) in [6, 6.07) is 7.92. The summed E-state index contributed by atoms with van der Waals surface area (Å²) in [5.41, 5.74) is 3.47. The highest BCUT2D eigenvalue weighted by Gasteiger charge is 2.31. The van der Waals surface area contributed by atoms with Crippen LogP contribution >= 0.6 is 11.6 Å². The molecule has 0 radical (unpaired) electrons. The molecular formula is C19H23ClN4O. The van der Waals surface area contributed by atoms with Gasteiger partial charge in [0.2, 0.25) is 5.91 Å². The largest absolute Gasteiger partial charge is 0.368 e. The number of aryl methyl sites for hydroxylation is 2. The molecule has 4 rings (SSSR count). The van der Waals surface area contributed by atoms with Crippen molar-refractivity contribution in [2.24, 2.45) is 5.92 Å². The summed E-state index contributed by atoms with van der Waals surface area (Å²) >= 11 is 5.96. The van der Waals surface area contributed by atoms with E-state index in [2.05, 4.69) is 14.9 Å². The van der Waals surface area contributed by atoms with Crippen LogP contribution in [0.2, 0.25) is 5.02 Å². The van der Waals surface area contributed by atoms with E-state index >= 15 is 0 Å². The molecular weight excluding hydrogens is 336 g/mol. The first-order valence-corrected chi connectivity index (χ1v) is 9.31. The molecule has 2 aliphatic rings. The van der Waals surface area contributed by atoms with Gasteiger partial charge >= 0.3 is 0 Å². The minimum Gasteiger partial charge on any atom is -0.368 e. The summed E-state index contributed by atoms with van der Waals surface area (Å²) in [6.07, 6.45) is 2.61. The number of rotatable bonds is 2. The van der Waals surface area contributed by atoms with Crippen molar-refractivity contribution in [3.8, 4) is 0 Å². The van der Waals surface area contributed by atoms with E-state index in [9.17, 15) is 4.79 Å². The third kappa shape index (κ3) is 3.38. The number of hydrogen-bond donors (Lipinski definition) is 1. The number of carbonyl (C=O) groups excluding carboxylic acids is 1. The summed E-state index contributed by atoms with van der Waals surface area (Å²) in [6.45, 7) is 5.29.